The summed E-state index contributed by atoms with van der Waals surface area (Å²) < 4.78 is 0. The fourth-order valence-corrected chi connectivity index (χ4v) is 2.08. The fraction of sp³-hybridized carbons (Fsp3) is 0.533. The van der Waals surface area contributed by atoms with Gasteiger partial charge in [-0.25, -0.2) is 0 Å². The number of nitrogens with two attached hydrogens (primary N) is 1. The Morgan fingerprint density at radius 1 is 1.37 bits per heavy atom. The van der Waals surface area contributed by atoms with Crippen LogP contribution >= 0.6 is 0 Å². The first-order chi connectivity index (χ1) is 8.66. The van der Waals surface area contributed by atoms with Gasteiger partial charge in [0.25, 0.3) is 0 Å². The lowest BCUT2D eigenvalue weighted by Crippen LogP contribution is -2.18. The molecule has 0 aromatic heterocycles. The maximum atomic E-state index is 10.8. The van der Waals surface area contributed by atoms with Crippen LogP contribution < -0.4 is 5.73 Å². The van der Waals surface area contributed by atoms with Crippen molar-refractivity contribution in [2.75, 3.05) is 0 Å². The lowest BCUT2D eigenvalue weighted by atomic mass is 9.82. The molecule has 4 nitrogen and oxygen atoms in total. The van der Waals surface area contributed by atoms with Gasteiger partial charge >= 0.3 is 5.97 Å². The molecule has 106 valence electrons. The number of benzene rings is 1. The van der Waals surface area contributed by atoms with Crippen LogP contribution in [0, 0.1) is 0 Å². The summed E-state index contributed by atoms with van der Waals surface area (Å²) in [6, 6.07) is 3.08. The average Bonchev–Trinajstić information content (AvgIpc) is 2.26. The van der Waals surface area contributed by atoms with Crippen molar-refractivity contribution in [3.63, 3.8) is 0 Å². The second-order valence-corrected chi connectivity index (χ2v) is 5.89. The second kappa shape index (κ2) is 5.61. The summed E-state index contributed by atoms with van der Waals surface area (Å²) in [4.78, 5) is 10.8. The number of carboxylic acid groups (broad SMARTS) is 1. The van der Waals surface area contributed by atoms with Gasteiger partial charge in [0.05, 0.1) is 6.42 Å². The Kier molecular flexibility index (Phi) is 4.58. The van der Waals surface area contributed by atoms with Gasteiger partial charge in [-0.05, 0) is 23.0 Å². The Morgan fingerprint density at radius 2 is 1.95 bits per heavy atom. The minimum atomic E-state index is -0.967. The van der Waals surface area contributed by atoms with Crippen LogP contribution in [-0.4, -0.2) is 16.2 Å². The van der Waals surface area contributed by atoms with E-state index in [-0.39, 0.29) is 17.6 Å². The summed E-state index contributed by atoms with van der Waals surface area (Å²) in [6.45, 7) is 8.04. The first-order valence-electron chi connectivity index (χ1n) is 6.50. The highest BCUT2D eigenvalue weighted by Crippen LogP contribution is 2.37. The lowest BCUT2D eigenvalue weighted by Gasteiger charge is -2.24. The van der Waals surface area contributed by atoms with Gasteiger partial charge in [-0.3, -0.25) is 4.79 Å². The zero-order chi connectivity index (χ0) is 14.8. The molecule has 19 heavy (non-hydrogen) atoms. The smallest absolute Gasteiger partial charge is 0.305 e. The van der Waals surface area contributed by atoms with Gasteiger partial charge in [0.2, 0.25) is 0 Å². The average molecular weight is 265 g/mol. The number of carbonyl (C=O) groups is 1. The Hall–Kier alpha value is -1.55. The highest BCUT2D eigenvalue weighted by atomic mass is 16.4. The van der Waals surface area contributed by atoms with E-state index in [4.69, 9.17) is 10.8 Å². The van der Waals surface area contributed by atoms with Crippen molar-refractivity contribution in [3.8, 4) is 5.75 Å². The highest BCUT2D eigenvalue weighted by Gasteiger charge is 2.24. The van der Waals surface area contributed by atoms with Crippen molar-refractivity contribution in [2.24, 2.45) is 5.73 Å². The highest BCUT2D eigenvalue weighted by molar-refractivity contribution is 5.68. The number of rotatable bonds is 4. The largest absolute Gasteiger partial charge is 0.507 e. The Labute approximate surface area is 114 Å². The normalized spacial score (nSPS) is 13.3. The van der Waals surface area contributed by atoms with Gasteiger partial charge in [-0.1, -0.05) is 39.8 Å². The van der Waals surface area contributed by atoms with E-state index >= 15 is 0 Å². The predicted octanol–water partition coefficient (Wildman–Crippen LogP) is 2.73. The van der Waals surface area contributed by atoms with E-state index in [0.29, 0.717) is 5.56 Å². The predicted molar refractivity (Wildman–Crippen MR) is 75.4 cm³/mol. The van der Waals surface area contributed by atoms with E-state index in [1.54, 1.807) is 6.07 Å². The molecule has 0 aliphatic heterocycles. The fourth-order valence-electron chi connectivity index (χ4n) is 2.08. The number of hydrogen-bond donors (Lipinski definition) is 3. The van der Waals surface area contributed by atoms with Crippen LogP contribution in [0.1, 0.15) is 56.8 Å². The van der Waals surface area contributed by atoms with Gasteiger partial charge < -0.3 is 15.9 Å². The third kappa shape index (κ3) is 3.70. The van der Waals surface area contributed by atoms with Gasteiger partial charge in [0, 0.05) is 11.6 Å². The molecule has 0 heterocycles. The van der Waals surface area contributed by atoms with Crippen LogP contribution in [0.5, 0.6) is 5.75 Å². The molecule has 0 spiro atoms. The van der Waals surface area contributed by atoms with Crippen LogP contribution in [-0.2, 0) is 16.6 Å². The molecule has 1 aromatic rings. The summed E-state index contributed by atoms with van der Waals surface area (Å²) in [7, 11) is 0. The Bertz CT molecular complexity index is 475. The van der Waals surface area contributed by atoms with E-state index < -0.39 is 12.0 Å². The minimum absolute atomic E-state index is 0.124. The Balaban J connectivity index is 3.35. The number of carboxylic acids is 1. The summed E-state index contributed by atoms with van der Waals surface area (Å²) in [5.74, 6) is -0.843. The van der Waals surface area contributed by atoms with Crippen molar-refractivity contribution in [1.82, 2.24) is 0 Å². The maximum Gasteiger partial charge on any atom is 0.305 e. The molecule has 0 fully saturated rings. The molecule has 0 aliphatic rings. The van der Waals surface area contributed by atoms with Crippen LogP contribution in [0.3, 0.4) is 0 Å². The van der Waals surface area contributed by atoms with Crippen molar-refractivity contribution in [1.29, 1.82) is 0 Å². The third-order valence-electron chi connectivity index (χ3n) is 3.21. The number of phenolic OH excluding ortho intramolecular Hbond substituents is 1. The van der Waals surface area contributed by atoms with E-state index in [0.717, 1.165) is 17.5 Å². The van der Waals surface area contributed by atoms with Crippen LogP contribution in [0.2, 0.25) is 0 Å². The monoisotopic (exact) mass is 265 g/mol. The van der Waals surface area contributed by atoms with Crippen LogP contribution in [0.25, 0.3) is 0 Å². The van der Waals surface area contributed by atoms with Gasteiger partial charge in [0.1, 0.15) is 5.75 Å². The molecule has 1 rings (SSSR count). The number of aryl methyl sites for hydroxylation is 1. The molecule has 0 bridgehead atoms. The molecule has 0 saturated heterocycles. The van der Waals surface area contributed by atoms with Crippen LogP contribution in [0.15, 0.2) is 12.1 Å². The molecule has 1 atom stereocenters. The maximum absolute atomic E-state index is 10.8. The SMILES string of the molecule is CCc1cc(C(N)CC(=O)O)c(O)c(C(C)(C)C)c1. The summed E-state index contributed by atoms with van der Waals surface area (Å²) in [5.41, 5.74) is 8.06. The van der Waals surface area contributed by atoms with E-state index in [9.17, 15) is 9.90 Å². The lowest BCUT2D eigenvalue weighted by molar-refractivity contribution is -0.137. The van der Waals surface area contributed by atoms with E-state index in [1.165, 1.54) is 0 Å². The van der Waals surface area contributed by atoms with Gasteiger partial charge in [0.15, 0.2) is 0 Å². The van der Waals surface area contributed by atoms with Gasteiger partial charge in [-0.15, -0.1) is 0 Å². The third-order valence-corrected chi connectivity index (χ3v) is 3.21. The molecule has 0 radical (unpaired) electrons. The zero-order valence-electron chi connectivity index (χ0n) is 12.0. The van der Waals surface area contributed by atoms with E-state index in [2.05, 4.69) is 0 Å². The van der Waals surface area contributed by atoms with E-state index in [1.807, 2.05) is 33.8 Å². The standard InChI is InChI=1S/C15H23NO3/c1-5-9-6-10(12(16)8-13(17)18)14(19)11(7-9)15(2,3)4/h6-7,12,19H,5,8,16H2,1-4H3,(H,17,18). The van der Waals surface area contributed by atoms with Crippen molar-refractivity contribution < 1.29 is 15.0 Å². The van der Waals surface area contributed by atoms with Crippen molar-refractivity contribution >= 4 is 5.97 Å². The minimum Gasteiger partial charge on any atom is -0.507 e. The molecule has 4 heteroatoms. The van der Waals surface area contributed by atoms with Crippen molar-refractivity contribution in [3.05, 3.63) is 28.8 Å². The summed E-state index contributed by atoms with van der Waals surface area (Å²) in [5, 5.41) is 19.2. The molecule has 1 unspecified atom stereocenters. The molecule has 1 aromatic carbocycles. The first kappa shape index (κ1) is 15.5. The molecule has 0 saturated carbocycles. The number of aromatic hydroxyl groups is 1. The first-order valence-corrected chi connectivity index (χ1v) is 6.50. The summed E-state index contributed by atoms with van der Waals surface area (Å²) in [6.07, 6.45) is 0.625. The second-order valence-electron chi connectivity index (χ2n) is 5.89. The zero-order valence-corrected chi connectivity index (χ0v) is 12.0. The topological polar surface area (TPSA) is 83.6 Å². The van der Waals surface area contributed by atoms with Crippen LogP contribution in [0.4, 0.5) is 0 Å². The number of hydrogen-bond acceptors (Lipinski definition) is 3. The number of aliphatic carboxylic acids is 1. The molecular weight excluding hydrogens is 242 g/mol. The molecule has 4 N–H and O–H groups in total. The molecule has 0 amide bonds. The Morgan fingerprint density at radius 3 is 2.37 bits per heavy atom. The summed E-state index contributed by atoms with van der Waals surface area (Å²) >= 11 is 0. The molecular formula is C15H23NO3. The van der Waals surface area contributed by atoms with Crippen molar-refractivity contribution in [2.45, 2.75) is 52.0 Å². The molecule has 0 aliphatic carbocycles. The number of phenols is 1. The van der Waals surface area contributed by atoms with Gasteiger partial charge in [-0.2, -0.15) is 0 Å². The quantitative estimate of drug-likeness (QED) is 0.781.